The lowest BCUT2D eigenvalue weighted by molar-refractivity contribution is 0.248. The van der Waals surface area contributed by atoms with Gasteiger partial charge in [-0.2, -0.15) is 4.98 Å². The molecule has 1 atom stereocenters. The number of rotatable bonds is 8. The van der Waals surface area contributed by atoms with Gasteiger partial charge in [0.05, 0.1) is 24.0 Å². The highest BCUT2D eigenvalue weighted by molar-refractivity contribution is 5.61. The van der Waals surface area contributed by atoms with E-state index in [2.05, 4.69) is 25.6 Å². The van der Waals surface area contributed by atoms with Crippen molar-refractivity contribution in [3.63, 3.8) is 0 Å². The molecular formula is C21H23F2N5O. The van der Waals surface area contributed by atoms with Crippen molar-refractivity contribution in [1.29, 1.82) is 0 Å². The van der Waals surface area contributed by atoms with Gasteiger partial charge in [-0.05, 0) is 35.7 Å². The van der Waals surface area contributed by atoms with Gasteiger partial charge in [-0.25, -0.2) is 13.8 Å². The van der Waals surface area contributed by atoms with Crippen molar-refractivity contribution in [3.05, 3.63) is 65.9 Å². The van der Waals surface area contributed by atoms with Crippen LogP contribution in [0, 0.1) is 17.6 Å². The lowest BCUT2D eigenvalue weighted by Gasteiger charge is -2.20. The Morgan fingerprint density at radius 2 is 1.76 bits per heavy atom. The molecule has 1 aromatic carbocycles. The number of pyridine rings is 1. The van der Waals surface area contributed by atoms with Gasteiger partial charge in [-0.3, -0.25) is 4.98 Å². The third-order valence-corrected chi connectivity index (χ3v) is 4.37. The number of aromatic nitrogens is 3. The average molecular weight is 399 g/mol. The molecule has 0 spiro atoms. The average Bonchev–Trinajstić information content (AvgIpc) is 2.70. The molecule has 0 aliphatic carbocycles. The quantitative estimate of drug-likeness (QED) is 0.534. The van der Waals surface area contributed by atoms with Crippen molar-refractivity contribution < 1.29 is 13.9 Å². The van der Waals surface area contributed by atoms with Crippen LogP contribution in [0.15, 0.2) is 48.7 Å². The largest absolute Gasteiger partial charge is 0.394 e. The van der Waals surface area contributed by atoms with Crippen LogP contribution in [0.5, 0.6) is 0 Å². The predicted octanol–water partition coefficient (Wildman–Crippen LogP) is 3.86. The molecular weight excluding hydrogens is 376 g/mol. The second kappa shape index (κ2) is 9.38. The molecule has 0 amide bonds. The summed E-state index contributed by atoms with van der Waals surface area (Å²) in [6.45, 7) is 4.07. The van der Waals surface area contributed by atoms with E-state index in [0.29, 0.717) is 28.7 Å². The first-order valence-corrected chi connectivity index (χ1v) is 9.31. The molecule has 0 aliphatic rings. The van der Waals surface area contributed by atoms with Gasteiger partial charge in [0, 0.05) is 24.9 Å². The number of anilines is 2. The van der Waals surface area contributed by atoms with Crippen LogP contribution in [-0.4, -0.2) is 32.7 Å². The smallest absolute Gasteiger partial charge is 0.225 e. The number of benzene rings is 1. The van der Waals surface area contributed by atoms with Crippen molar-refractivity contribution in [2.45, 2.75) is 26.4 Å². The zero-order chi connectivity index (χ0) is 20.8. The van der Waals surface area contributed by atoms with Crippen LogP contribution in [0.25, 0.3) is 11.4 Å². The normalized spacial score (nSPS) is 12.1. The number of hydrogen-bond donors (Lipinski definition) is 3. The molecule has 0 aliphatic heterocycles. The van der Waals surface area contributed by atoms with Crippen LogP contribution in [-0.2, 0) is 6.54 Å². The van der Waals surface area contributed by atoms with Gasteiger partial charge in [-0.1, -0.05) is 19.9 Å². The first-order chi connectivity index (χ1) is 13.9. The highest BCUT2D eigenvalue weighted by Gasteiger charge is 2.15. The Morgan fingerprint density at radius 1 is 1.00 bits per heavy atom. The molecule has 29 heavy (non-hydrogen) atoms. The van der Waals surface area contributed by atoms with Crippen LogP contribution >= 0.6 is 0 Å². The second-order valence-electron chi connectivity index (χ2n) is 6.99. The van der Waals surface area contributed by atoms with Gasteiger partial charge in [0.25, 0.3) is 0 Å². The van der Waals surface area contributed by atoms with Gasteiger partial charge in [0.15, 0.2) is 0 Å². The summed E-state index contributed by atoms with van der Waals surface area (Å²) in [4.78, 5) is 13.2. The molecule has 0 saturated heterocycles. The van der Waals surface area contributed by atoms with Crippen LogP contribution in [0.1, 0.15) is 19.4 Å². The Kier molecular flexibility index (Phi) is 6.66. The van der Waals surface area contributed by atoms with E-state index in [-0.39, 0.29) is 25.1 Å². The Morgan fingerprint density at radius 3 is 2.38 bits per heavy atom. The third-order valence-electron chi connectivity index (χ3n) is 4.37. The summed E-state index contributed by atoms with van der Waals surface area (Å²) in [7, 11) is 0. The summed E-state index contributed by atoms with van der Waals surface area (Å²) < 4.78 is 26.9. The zero-order valence-corrected chi connectivity index (χ0v) is 16.2. The van der Waals surface area contributed by atoms with E-state index in [1.165, 1.54) is 12.1 Å². The predicted molar refractivity (Wildman–Crippen MR) is 108 cm³/mol. The number of nitrogens with zero attached hydrogens (tertiary/aromatic N) is 3. The molecule has 2 aromatic heterocycles. The molecule has 2 heterocycles. The summed E-state index contributed by atoms with van der Waals surface area (Å²) in [5.74, 6) is -0.316. The highest BCUT2D eigenvalue weighted by atomic mass is 19.1. The number of halogens is 2. The molecule has 152 valence electrons. The van der Waals surface area contributed by atoms with E-state index in [0.717, 1.165) is 6.07 Å². The Labute approximate surface area is 168 Å². The number of aliphatic hydroxyl groups excluding tert-OH is 1. The van der Waals surface area contributed by atoms with Gasteiger partial charge >= 0.3 is 0 Å². The van der Waals surface area contributed by atoms with E-state index >= 15 is 0 Å². The Bertz CT molecular complexity index is 933. The summed E-state index contributed by atoms with van der Waals surface area (Å²) in [5, 5.41) is 15.8. The van der Waals surface area contributed by atoms with Crippen LogP contribution in [0.3, 0.4) is 0 Å². The second-order valence-corrected chi connectivity index (χ2v) is 6.99. The van der Waals surface area contributed by atoms with Gasteiger partial charge < -0.3 is 15.7 Å². The Balaban J connectivity index is 1.89. The lowest BCUT2D eigenvalue weighted by Crippen LogP contribution is -2.30. The molecule has 8 heteroatoms. The Hall–Kier alpha value is -3.13. The topological polar surface area (TPSA) is 83.0 Å². The SMILES string of the molecule is CC(C)[C@@H](CO)Nc1nc(NCc2cc(F)cc(F)c2)cc(-c2ccccn2)n1. The standard InChI is InChI=1S/C21H23F2N5O/c1-13(2)19(12-29)27-21-26-18(17-5-3-4-6-24-17)10-20(28-21)25-11-14-7-15(22)9-16(23)8-14/h3-10,13,19,29H,11-12H2,1-2H3,(H2,25,26,27,28)/t19-/m1/s1. The van der Waals surface area contributed by atoms with Crippen molar-refractivity contribution in [3.8, 4) is 11.4 Å². The molecule has 3 aromatic rings. The van der Waals surface area contributed by atoms with E-state index in [1.807, 2.05) is 32.0 Å². The lowest BCUT2D eigenvalue weighted by atomic mass is 10.1. The minimum Gasteiger partial charge on any atom is -0.394 e. The van der Waals surface area contributed by atoms with Crippen LogP contribution < -0.4 is 10.6 Å². The first kappa shape index (κ1) is 20.6. The minimum absolute atomic E-state index is 0.0693. The summed E-state index contributed by atoms with van der Waals surface area (Å²) >= 11 is 0. The summed E-state index contributed by atoms with van der Waals surface area (Å²) in [6, 6.07) is 10.3. The first-order valence-electron chi connectivity index (χ1n) is 9.31. The fourth-order valence-electron chi connectivity index (χ4n) is 2.74. The summed E-state index contributed by atoms with van der Waals surface area (Å²) in [5.41, 5.74) is 1.68. The zero-order valence-electron chi connectivity index (χ0n) is 16.2. The maximum Gasteiger partial charge on any atom is 0.225 e. The molecule has 0 unspecified atom stereocenters. The van der Waals surface area contributed by atoms with E-state index in [9.17, 15) is 13.9 Å². The number of hydrogen-bond acceptors (Lipinski definition) is 6. The maximum atomic E-state index is 13.4. The van der Waals surface area contributed by atoms with Crippen molar-refractivity contribution >= 4 is 11.8 Å². The van der Waals surface area contributed by atoms with Gasteiger partial charge in [0.1, 0.15) is 17.5 Å². The molecule has 0 radical (unpaired) electrons. The van der Waals surface area contributed by atoms with E-state index < -0.39 is 11.6 Å². The molecule has 0 bridgehead atoms. The van der Waals surface area contributed by atoms with Crippen molar-refractivity contribution in [2.75, 3.05) is 17.2 Å². The van der Waals surface area contributed by atoms with Crippen molar-refractivity contribution in [1.82, 2.24) is 15.0 Å². The molecule has 0 fully saturated rings. The van der Waals surface area contributed by atoms with Crippen molar-refractivity contribution in [2.24, 2.45) is 5.92 Å². The molecule has 6 nitrogen and oxygen atoms in total. The van der Waals surface area contributed by atoms with Gasteiger partial charge in [0.2, 0.25) is 5.95 Å². The monoisotopic (exact) mass is 399 g/mol. The van der Waals surface area contributed by atoms with Gasteiger partial charge in [-0.15, -0.1) is 0 Å². The summed E-state index contributed by atoms with van der Waals surface area (Å²) in [6.07, 6.45) is 1.66. The third kappa shape index (κ3) is 5.68. The van der Waals surface area contributed by atoms with Crippen LogP contribution in [0.2, 0.25) is 0 Å². The van der Waals surface area contributed by atoms with Crippen LogP contribution in [0.4, 0.5) is 20.5 Å². The fourth-order valence-corrected chi connectivity index (χ4v) is 2.74. The molecule has 3 rings (SSSR count). The van der Waals surface area contributed by atoms with E-state index in [4.69, 9.17) is 0 Å². The van der Waals surface area contributed by atoms with E-state index in [1.54, 1.807) is 12.3 Å². The highest BCUT2D eigenvalue weighted by Crippen LogP contribution is 2.21. The maximum absolute atomic E-state index is 13.4. The number of nitrogens with one attached hydrogen (secondary N) is 2. The number of aliphatic hydroxyl groups is 1. The molecule has 3 N–H and O–H groups in total. The minimum atomic E-state index is -0.635. The molecule has 0 saturated carbocycles. The fraction of sp³-hybridized carbons (Fsp3) is 0.286.